The maximum Gasteiger partial charge on any atom is 2.00 e. The van der Waals surface area contributed by atoms with Crippen molar-refractivity contribution < 1.29 is 34.1 Å². The monoisotopic (exact) mass is 274 g/mol. The molecule has 2 radical (unpaired) electrons. The summed E-state index contributed by atoms with van der Waals surface area (Å²) in [6.07, 6.45) is 0. The quantitative estimate of drug-likeness (QED) is 0.466. The van der Waals surface area contributed by atoms with E-state index in [0.717, 1.165) is 0 Å². The first kappa shape index (κ1) is 91.2. The standard InChI is InChI=1S/6CN.Cu.Mn/c6*1-2;;/q6*-1;+2;. The van der Waals surface area contributed by atoms with Crippen LogP contribution in [-0.2, 0) is 34.1 Å². The summed E-state index contributed by atoms with van der Waals surface area (Å²) in [7, 11) is 0. The zero-order chi connectivity index (χ0) is 12.0. The van der Waals surface area contributed by atoms with E-state index in [1.54, 1.807) is 0 Å². The maximum absolute atomic E-state index is 6.25. The minimum absolute atomic E-state index is 0. The molecule has 0 atom stereocenters. The van der Waals surface area contributed by atoms with Gasteiger partial charge in [-0.3, -0.25) is 0 Å². The Kier molecular flexibility index (Phi) is 1740. The van der Waals surface area contributed by atoms with Crippen molar-refractivity contribution in [1.29, 1.82) is 31.6 Å². The van der Waals surface area contributed by atoms with Gasteiger partial charge in [-0.2, -0.15) is 0 Å². The van der Waals surface area contributed by atoms with Gasteiger partial charge in [-0.1, -0.05) is 0 Å². The predicted molar refractivity (Wildman–Crippen MR) is 29.8 cm³/mol. The largest absolute Gasteiger partial charge is 2.00 e. The zero-order valence-electron chi connectivity index (χ0n) is 6.36. The Labute approximate surface area is 105 Å². The number of hydrogen-bond donors (Lipinski definition) is 0. The molecule has 0 rings (SSSR count). The SMILES string of the molecule is [C-]#N.[C-]#N.[C-]#N.[C-]#N.[C-]#N.[C-]#N.[Cu+2].[Mn]. The Balaban J connectivity index is -0.00000000500. The first-order valence-electron chi connectivity index (χ1n) is 1.34. The van der Waals surface area contributed by atoms with Crippen molar-refractivity contribution in [2.24, 2.45) is 0 Å². The summed E-state index contributed by atoms with van der Waals surface area (Å²) in [4.78, 5) is 0. The fourth-order valence-corrected chi connectivity index (χ4v) is 0. The molecule has 76 valence electrons. The summed E-state index contributed by atoms with van der Waals surface area (Å²) in [6.45, 7) is 28.5. The van der Waals surface area contributed by atoms with Crippen molar-refractivity contribution >= 4 is 0 Å². The average Bonchev–Trinajstić information content (AvgIpc) is 2.33. The summed E-state index contributed by atoms with van der Waals surface area (Å²) in [5.41, 5.74) is 0. The third kappa shape index (κ3) is 197. The van der Waals surface area contributed by atoms with Crippen LogP contribution in [0.3, 0.4) is 0 Å². The second-order valence-corrected chi connectivity index (χ2v) is 0. The Morgan fingerprint density at radius 1 is 0.357 bits per heavy atom. The van der Waals surface area contributed by atoms with Gasteiger partial charge < -0.3 is 71.0 Å². The van der Waals surface area contributed by atoms with Crippen LogP contribution in [0.2, 0.25) is 0 Å². The van der Waals surface area contributed by atoms with Gasteiger partial charge in [0.25, 0.3) is 0 Å². The Morgan fingerprint density at radius 2 is 0.357 bits per heavy atom. The van der Waals surface area contributed by atoms with E-state index >= 15 is 0 Å². The molecule has 6 nitrogen and oxygen atoms in total. The fourth-order valence-electron chi connectivity index (χ4n) is 0. The van der Waals surface area contributed by atoms with Crippen molar-refractivity contribution in [3.05, 3.63) is 39.4 Å². The van der Waals surface area contributed by atoms with E-state index in [2.05, 4.69) is 0 Å². The molecule has 0 aliphatic heterocycles. The van der Waals surface area contributed by atoms with Gasteiger partial charge in [0.2, 0.25) is 0 Å². The summed E-state index contributed by atoms with van der Waals surface area (Å²) in [5.74, 6) is 0. The predicted octanol–water partition coefficient (Wildman–Crippen LogP) is 0.573. The second-order valence-electron chi connectivity index (χ2n) is 0. The molecule has 0 aromatic rings. The van der Waals surface area contributed by atoms with Crippen LogP contribution >= 0.6 is 0 Å². The molecule has 0 amide bonds. The van der Waals surface area contributed by atoms with E-state index in [1.165, 1.54) is 0 Å². The molecule has 0 aliphatic rings. The molecule has 0 saturated carbocycles. The van der Waals surface area contributed by atoms with E-state index < -0.39 is 0 Å². The van der Waals surface area contributed by atoms with Crippen LogP contribution in [0.5, 0.6) is 0 Å². The van der Waals surface area contributed by atoms with Crippen molar-refractivity contribution in [2.75, 3.05) is 0 Å². The van der Waals surface area contributed by atoms with Gasteiger partial charge >= 0.3 is 17.1 Å². The van der Waals surface area contributed by atoms with Gasteiger partial charge in [-0.15, -0.1) is 0 Å². The van der Waals surface area contributed by atoms with E-state index in [-0.39, 0.29) is 34.1 Å². The van der Waals surface area contributed by atoms with Crippen molar-refractivity contribution in [2.45, 2.75) is 0 Å². The second kappa shape index (κ2) is 268. The Hall–Kier alpha value is -2.02. The molecule has 0 spiro atoms. The van der Waals surface area contributed by atoms with Gasteiger partial charge in [0, 0.05) is 17.1 Å². The molecule has 0 heterocycles. The molecule has 0 aromatic carbocycles. The van der Waals surface area contributed by atoms with Gasteiger partial charge in [0.15, 0.2) is 0 Å². The van der Waals surface area contributed by atoms with Crippen molar-refractivity contribution in [3.63, 3.8) is 0 Å². The first-order chi connectivity index (χ1) is 6.00. The van der Waals surface area contributed by atoms with Gasteiger partial charge in [-0.25, -0.2) is 0 Å². The number of rotatable bonds is 0. The minimum Gasteiger partial charge on any atom is -0.512 e. The molecule has 14 heavy (non-hydrogen) atoms. The third-order valence-electron chi connectivity index (χ3n) is 0. The fraction of sp³-hybridized carbons (Fsp3) is 0. The van der Waals surface area contributed by atoms with Crippen LogP contribution in [0.25, 0.3) is 0 Å². The summed E-state index contributed by atoms with van der Waals surface area (Å²) < 4.78 is 0. The molecular weight excluding hydrogens is 275 g/mol. The summed E-state index contributed by atoms with van der Waals surface area (Å²) in [6, 6.07) is 0. The molecule has 0 aromatic heterocycles. The summed E-state index contributed by atoms with van der Waals surface area (Å²) >= 11 is 0. The normalized spacial score (nSPS) is 0.857. The Morgan fingerprint density at radius 3 is 0.357 bits per heavy atom. The van der Waals surface area contributed by atoms with E-state index in [9.17, 15) is 0 Å². The van der Waals surface area contributed by atoms with E-state index in [1.807, 2.05) is 0 Å². The molecule has 8 heteroatoms. The van der Waals surface area contributed by atoms with Crippen LogP contribution in [0.15, 0.2) is 0 Å². The van der Waals surface area contributed by atoms with Crippen LogP contribution in [-0.4, -0.2) is 0 Å². The Bertz CT molecular complexity index is 97.3. The third-order valence-corrected chi connectivity index (χ3v) is 0. The average molecular weight is 275 g/mol. The molecule has 0 bridgehead atoms. The van der Waals surface area contributed by atoms with Crippen LogP contribution in [0.4, 0.5) is 0 Å². The number of nitrogens with zero attached hydrogens (tertiary/aromatic N) is 6. The van der Waals surface area contributed by atoms with Gasteiger partial charge in [0.05, 0.1) is 0 Å². The molecule has 0 fully saturated rings. The van der Waals surface area contributed by atoms with Crippen LogP contribution < -0.4 is 0 Å². The van der Waals surface area contributed by atoms with Crippen LogP contribution in [0.1, 0.15) is 0 Å². The molecule has 0 saturated heterocycles. The smallest absolute Gasteiger partial charge is 0.512 e. The topological polar surface area (TPSA) is 143 Å². The maximum atomic E-state index is 6.25. The minimum atomic E-state index is 0. The van der Waals surface area contributed by atoms with Gasteiger partial charge in [0.1, 0.15) is 0 Å². The molecule has 0 aliphatic carbocycles. The van der Waals surface area contributed by atoms with Crippen LogP contribution in [0, 0.1) is 71.0 Å². The van der Waals surface area contributed by atoms with Gasteiger partial charge in [-0.05, 0) is 0 Å². The molecule has 0 N–H and O–H groups in total. The number of hydrogen-bond acceptors (Lipinski definition) is 6. The first-order valence-corrected chi connectivity index (χ1v) is 1.34. The zero-order valence-corrected chi connectivity index (χ0v) is 8.48. The van der Waals surface area contributed by atoms with Crippen molar-refractivity contribution in [3.8, 4) is 0 Å². The molecular formula is C6CuMnN6-4. The van der Waals surface area contributed by atoms with Crippen molar-refractivity contribution in [1.82, 2.24) is 0 Å². The van der Waals surface area contributed by atoms with E-state index in [4.69, 9.17) is 71.0 Å². The van der Waals surface area contributed by atoms with E-state index in [0.29, 0.717) is 0 Å². The molecule has 0 unspecified atom stereocenters. The summed E-state index contributed by atoms with van der Waals surface area (Å²) in [5, 5.41) is 37.5.